The Kier molecular flexibility index (Phi) is 5.82. The second-order valence-corrected chi connectivity index (χ2v) is 8.50. The van der Waals surface area contributed by atoms with Gasteiger partial charge in [-0.3, -0.25) is 9.78 Å². The van der Waals surface area contributed by atoms with Gasteiger partial charge >= 0.3 is 0 Å². The molecule has 0 unspecified atom stereocenters. The van der Waals surface area contributed by atoms with Crippen molar-refractivity contribution in [1.82, 2.24) is 25.3 Å². The zero-order chi connectivity index (χ0) is 20.3. The van der Waals surface area contributed by atoms with Crippen molar-refractivity contribution in [2.45, 2.75) is 51.7 Å². The van der Waals surface area contributed by atoms with E-state index in [9.17, 15) is 4.79 Å². The highest BCUT2D eigenvalue weighted by Gasteiger charge is 2.34. The van der Waals surface area contributed by atoms with Crippen LogP contribution in [-0.4, -0.2) is 51.8 Å². The average Bonchev–Trinajstić information content (AvgIpc) is 3.21. The van der Waals surface area contributed by atoms with Crippen molar-refractivity contribution >= 4 is 5.91 Å². The lowest BCUT2D eigenvalue weighted by molar-refractivity contribution is -0.127. The molecule has 1 N–H and O–H groups in total. The van der Waals surface area contributed by atoms with Crippen molar-refractivity contribution in [3.63, 3.8) is 0 Å². The van der Waals surface area contributed by atoms with Crippen LogP contribution in [0, 0.1) is 5.41 Å². The van der Waals surface area contributed by atoms with Crippen molar-refractivity contribution < 1.29 is 14.3 Å². The Bertz CT molecular complexity index is 853. The Balaban J connectivity index is 1.44. The molecule has 154 valence electrons. The van der Waals surface area contributed by atoms with Gasteiger partial charge in [-0.1, -0.05) is 13.8 Å². The molecule has 1 aliphatic carbocycles. The number of fused-ring (bicyclic) bond motifs is 1. The molecule has 4 rings (SSSR count). The Morgan fingerprint density at radius 2 is 2.21 bits per heavy atom. The molecule has 3 heterocycles. The highest BCUT2D eigenvalue weighted by Crippen LogP contribution is 2.40. The van der Waals surface area contributed by atoms with Gasteiger partial charge in [0.05, 0.1) is 30.6 Å². The standard InChI is InChI=1S/C21H27N5O3/c1-21(2)8-16(25-19(27)13-28-12-14-4-3-7-29-14)15-10-24-20(26-17(15)9-21)18-11-22-5-6-23-18/h5-6,10-11,14,16H,3-4,7-9,12-13H2,1-2H3,(H,25,27)/t14-,16+/m0/s1. The van der Waals surface area contributed by atoms with Gasteiger partial charge in [0.25, 0.3) is 0 Å². The summed E-state index contributed by atoms with van der Waals surface area (Å²) >= 11 is 0. The topological polar surface area (TPSA) is 99.1 Å². The molecule has 2 aromatic rings. The van der Waals surface area contributed by atoms with E-state index in [2.05, 4.69) is 34.1 Å². The van der Waals surface area contributed by atoms with Gasteiger partial charge in [0.2, 0.25) is 5.91 Å². The summed E-state index contributed by atoms with van der Waals surface area (Å²) in [6.45, 7) is 5.65. The van der Waals surface area contributed by atoms with E-state index in [0.717, 1.165) is 43.5 Å². The van der Waals surface area contributed by atoms with Crippen molar-refractivity contribution in [2.24, 2.45) is 5.41 Å². The fourth-order valence-electron chi connectivity index (χ4n) is 4.01. The number of carbonyl (C=O) groups is 1. The van der Waals surface area contributed by atoms with E-state index in [-0.39, 0.29) is 30.1 Å². The molecule has 1 saturated heterocycles. The SMILES string of the molecule is CC1(C)Cc2nc(-c3cnccn3)ncc2[C@H](NC(=O)COC[C@@H]2CCCO2)C1. The molecule has 1 aliphatic heterocycles. The minimum Gasteiger partial charge on any atom is -0.376 e. The van der Waals surface area contributed by atoms with Gasteiger partial charge in [-0.05, 0) is 31.1 Å². The van der Waals surface area contributed by atoms with E-state index in [4.69, 9.17) is 14.5 Å². The number of nitrogens with zero attached hydrogens (tertiary/aromatic N) is 4. The summed E-state index contributed by atoms with van der Waals surface area (Å²) in [7, 11) is 0. The molecular weight excluding hydrogens is 370 g/mol. The Hall–Kier alpha value is -2.45. The molecule has 0 saturated carbocycles. The number of amides is 1. The average molecular weight is 397 g/mol. The van der Waals surface area contributed by atoms with Gasteiger partial charge < -0.3 is 14.8 Å². The van der Waals surface area contributed by atoms with Crippen LogP contribution >= 0.6 is 0 Å². The molecule has 0 aromatic carbocycles. The Labute approximate surface area is 170 Å². The van der Waals surface area contributed by atoms with Crippen LogP contribution in [0.3, 0.4) is 0 Å². The van der Waals surface area contributed by atoms with Gasteiger partial charge in [0, 0.05) is 30.8 Å². The molecule has 2 aliphatic rings. The highest BCUT2D eigenvalue weighted by molar-refractivity contribution is 5.77. The summed E-state index contributed by atoms with van der Waals surface area (Å²) in [6, 6.07) is -0.136. The summed E-state index contributed by atoms with van der Waals surface area (Å²) in [5, 5.41) is 3.10. The van der Waals surface area contributed by atoms with Crippen molar-refractivity contribution in [1.29, 1.82) is 0 Å². The number of rotatable bonds is 6. The summed E-state index contributed by atoms with van der Waals surface area (Å²) in [5.74, 6) is 0.425. The number of nitrogens with one attached hydrogen (secondary N) is 1. The van der Waals surface area contributed by atoms with Crippen molar-refractivity contribution in [3.8, 4) is 11.5 Å². The predicted molar refractivity (Wildman–Crippen MR) is 106 cm³/mol. The first-order valence-corrected chi connectivity index (χ1v) is 10.1. The van der Waals surface area contributed by atoms with Crippen LogP contribution in [0.15, 0.2) is 24.8 Å². The van der Waals surface area contributed by atoms with E-state index < -0.39 is 0 Å². The summed E-state index contributed by atoms with van der Waals surface area (Å²) < 4.78 is 11.1. The normalized spacial score (nSPS) is 22.8. The van der Waals surface area contributed by atoms with E-state index in [0.29, 0.717) is 18.1 Å². The van der Waals surface area contributed by atoms with Crippen molar-refractivity contribution in [2.75, 3.05) is 19.8 Å². The molecule has 8 heteroatoms. The van der Waals surface area contributed by atoms with Gasteiger partial charge in [-0.2, -0.15) is 0 Å². The monoisotopic (exact) mass is 397 g/mol. The molecule has 0 bridgehead atoms. The minimum atomic E-state index is -0.136. The zero-order valence-electron chi connectivity index (χ0n) is 16.9. The molecule has 0 spiro atoms. The van der Waals surface area contributed by atoms with E-state index in [1.807, 2.05) is 0 Å². The van der Waals surface area contributed by atoms with Crippen LogP contribution in [0.2, 0.25) is 0 Å². The molecule has 29 heavy (non-hydrogen) atoms. The first-order chi connectivity index (χ1) is 14.0. The lowest BCUT2D eigenvalue weighted by Gasteiger charge is -2.36. The molecule has 1 fully saturated rings. The molecule has 2 aromatic heterocycles. The number of aromatic nitrogens is 4. The van der Waals surface area contributed by atoms with E-state index >= 15 is 0 Å². The zero-order valence-corrected chi connectivity index (χ0v) is 16.9. The van der Waals surface area contributed by atoms with Crippen LogP contribution in [0.1, 0.15) is 50.4 Å². The second kappa shape index (κ2) is 8.51. The fraction of sp³-hybridized carbons (Fsp3) is 0.571. The first-order valence-electron chi connectivity index (χ1n) is 10.1. The van der Waals surface area contributed by atoms with Crippen LogP contribution in [0.25, 0.3) is 11.5 Å². The Morgan fingerprint density at radius 1 is 1.31 bits per heavy atom. The maximum Gasteiger partial charge on any atom is 0.246 e. The maximum absolute atomic E-state index is 12.5. The largest absolute Gasteiger partial charge is 0.376 e. The van der Waals surface area contributed by atoms with Crippen LogP contribution < -0.4 is 5.32 Å². The molecule has 1 amide bonds. The maximum atomic E-state index is 12.5. The third-order valence-corrected chi connectivity index (χ3v) is 5.37. The predicted octanol–water partition coefficient (Wildman–Crippen LogP) is 2.26. The third kappa shape index (κ3) is 4.94. The second-order valence-electron chi connectivity index (χ2n) is 8.50. The summed E-state index contributed by atoms with van der Waals surface area (Å²) in [5.41, 5.74) is 2.56. The highest BCUT2D eigenvalue weighted by atomic mass is 16.5. The van der Waals surface area contributed by atoms with E-state index in [1.165, 1.54) is 0 Å². The van der Waals surface area contributed by atoms with Crippen molar-refractivity contribution in [3.05, 3.63) is 36.0 Å². The fourth-order valence-corrected chi connectivity index (χ4v) is 4.01. The third-order valence-electron chi connectivity index (χ3n) is 5.37. The smallest absolute Gasteiger partial charge is 0.246 e. The molecule has 0 radical (unpaired) electrons. The summed E-state index contributed by atoms with van der Waals surface area (Å²) in [4.78, 5) is 30.0. The number of hydrogen-bond donors (Lipinski definition) is 1. The molecule has 8 nitrogen and oxygen atoms in total. The first kappa shape index (κ1) is 19.8. The number of carbonyl (C=O) groups excluding carboxylic acids is 1. The van der Waals surface area contributed by atoms with Gasteiger partial charge in [0.15, 0.2) is 5.82 Å². The van der Waals surface area contributed by atoms with Gasteiger partial charge in [-0.15, -0.1) is 0 Å². The van der Waals surface area contributed by atoms with Crippen LogP contribution in [0.4, 0.5) is 0 Å². The van der Waals surface area contributed by atoms with Gasteiger partial charge in [-0.25, -0.2) is 15.0 Å². The molecular formula is C21H27N5O3. The number of ether oxygens (including phenoxy) is 2. The number of hydrogen-bond acceptors (Lipinski definition) is 7. The quantitative estimate of drug-likeness (QED) is 0.798. The Morgan fingerprint density at radius 3 is 2.97 bits per heavy atom. The van der Waals surface area contributed by atoms with Crippen LogP contribution in [-0.2, 0) is 20.7 Å². The molecule has 2 atom stereocenters. The minimum absolute atomic E-state index is 0.0114. The van der Waals surface area contributed by atoms with E-state index in [1.54, 1.807) is 24.8 Å². The lowest BCUT2D eigenvalue weighted by Crippen LogP contribution is -2.39. The van der Waals surface area contributed by atoms with Crippen LogP contribution in [0.5, 0.6) is 0 Å². The van der Waals surface area contributed by atoms with Gasteiger partial charge in [0.1, 0.15) is 12.3 Å². The lowest BCUT2D eigenvalue weighted by atomic mass is 9.74. The summed E-state index contributed by atoms with van der Waals surface area (Å²) in [6.07, 6.45) is 10.5.